The minimum atomic E-state index is -4.67. The van der Waals surface area contributed by atoms with Crippen LogP contribution in [0.3, 0.4) is 0 Å². The van der Waals surface area contributed by atoms with Gasteiger partial charge in [0.1, 0.15) is 0 Å². The number of hydrogen-bond donors (Lipinski definition) is 2. The molecule has 0 aliphatic carbocycles. The third-order valence-corrected chi connectivity index (χ3v) is 1.89. The summed E-state index contributed by atoms with van der Waals surface area (Å²) in [7, 11) is -4.67. The van der Waals surface area contributed by atoms with E-state index >= 15 is 0 Å². The minimum absolute atomic E-state index is 0.245. The van der Waals surface area contributed by atoms with Crippen LogP contribution in [-0.4, -0.2) is 30.1 Å². The number of carbonyl (C=O) groups excluding carboxylic acids is 1. The Kier molecular flexibility index (Phi) is 7.66. The van der Waals surface area contributed by atoms with Crippen molar-refractivity contribution in [1.29, 1.82) is 0 Å². The summed E-state index contributed by atoms with van der Waals surface area (Å²) in [6.07, 6.45) is 0.684. The molecule has 19 heavy (non-hydrogen) atoms. The van der Waals surface area contributed by atoms with Gasteiger partial charge in [0.15, 0.2) is 0 Å². The molecule has 1 aromatic rings. The van der Waals surface area contributed by atoms with Crippen LogP contribution >= 0.6 is 0 Å². The molecule has 0 bridgehead atoms. The summed E-state index contributed by atoms with van der Waals surface area (Å²) in [4.78, 5) is 10.5. The molecule has 7 heteroatoms. The first kappa shape index (κ1) is 17.3. The third-order valence-electron chi connectivity index (χ3n) is 1.89. The van der Waals surface area contributed by atoms with Crippen LogP contribution in [0.25, 0.3) is 5.57 Å². The van der Waals surface area contributed by atoms with Crippen LogP contribution in [0.2, 0.25) is 0 Å². The van der Waals surface area contributed by atoms with Gasteiger partial charge in [-0.15, -0.1) is 0 Å². The van der Waals surface area contributed by atoms with Crippen molar-refractivity contribution in [3.8, 4) is 0 Å². The van der Waals surface area contributed by atoms with Gasteiger partial charge in [0.25, 0.3) is 0 Å². The van der Waals surface area contributed by atoms with E-state index in [-0.39, 0.29) is 5.97 Å². The standard InChI is InChI=1S/C12H14O2.H2O4S/c1-10(8-9-14-11(2)13)12-6-4-3-5-7-12;1-5(2,3)4/h3-7H,1,8-9H2,2H3;(H2,1,2,3,4). The summed E-state index contributed by atoms with van der Waals surface area (Å²) in [5.41, 5.74) is 2.09. The highest BCUT2D eigenvalue weighted by molar-refractivity contribution is 7.79. The number of ether oxygens (including phenoxy) is 1. The van der Waals surface area contributed by atoms with Gasteiger partial charge in [-0.25, -0.2) is 0 Å². The Hall–Kier alpha value is -1.70. The predicted octanol–water partition coefficient (Wildman–Crippen LogP) is 2.00. The van der Waals surface area contributed by atoms with Gasteiger partial charge in [-0.05, 0) is 11.1 Å². The third kappa shape index (κ3) is 12.5. The van der Waals surface area contributed by atoms with Gasteiger partial charge in [-0.2, -0.15) is 8.42 Å². The molecule has 0 radical (unpaired) electrons. The van der Waals surface area contributed by atoms with E-state index in [0.29, 0.717) is 13.0 Å². The molecule has 6 nitrogen and oxygen atoms in total. The van der Waals surface area contributed by atoms with Gasteiger partial charge >= 0.3 is 16.4 Å². The quantitative estimate of drug-likeness (QED) is 0.649. The summed E-state index contributed by atoms with van der Waals surface area (Å²) >= 11 is 0. The van der Waals surface area contributed by atoms with Crippen LogP contribution in [0.15, 0.2) is 36.9 Å². The van der Waals surface area contributed by atoms with Crippen LogP contribution in [0.4, 0.5) is 0 Å². The van der Waals surface area contributed by atoms with Gasteiger partial charge in [0.2, 0.25) is 0 Å². The van der Waals surface area contributed by atoms with Crippen molar-refractivity contribution in [1.82, 2.24) is 0 Å². The van der Waals surface area contributed by atoms with Crippen LogP contribution < -0.4 is 0 Å². The summed E-state index contributed by atoms with van der Waals surface area (Å²) in [6.45, 7) is 5.74. The van der Waals surface area contributed by atoms with Gasteiger partial charge in [-0.3, -0.25) is 13.9 Å². The molecule has 0 saturated carbocycles. The van der Waals surface area contributed by atoms with E-state index in [9.17, 15) is 4.79 Å². The zero-order valence-electron chi connectivity index (χ0n) is 10.4. The molecule has 0 unspecified atom stereocenters. The summed E-state index contributed by atoms with van der Waals surface area (Å²) in [5.74, 6) is -0.245. The van der Waals surface area contributed by atoms with E-state index in [1.807, 2.05) is 30.3 Å². The lowest BCUT2D eigenvalue weighted by molar-refractivity contribution is -0.140. The van der Waals surface area contributed by atoms with Crippen molar-refractivity contribution in [2.24, 2.45) is 0 Å². The maximum Gasteiger partial charge on any atom is 0.394 e. The molecule has 0 aromatic heterocycles. The summed E-state index contributed by atoms with van der Waals surface area (Å²) in [5, 5.41) is 0. The monoisotopic (exact) mass is 288 g/mol. The lowest BCUT2D eigenvalue weighted by Gasteiger charge is -2.05. The van der Waals surface area contributed by atoms with Crippen molar-refractivity contribution in [2.45, 2.75) is 13.3 Å². The molecule has 0 amide bonds. The van der Waals surface area contributed by atoms with Crippen molar-refractivity contribution in [3.05, 3.63) is 42.5 Å². The fraction of sp³-hybridized carbons (Fsp3) is 0.250. The fourth-order valence-electron chi connectivity index (χ4n) is 1.14. The largest absolute Gasteiger partial charge is 0.466 e. The second kappa shape index (κ2) is 8.41. The lowest BCUT2D eigenvalue weighted by atomic mass is 10.1. The number of carbonyl (C=O) groups is 1. The Morgan fingerprint density at radius 3 is 2.16 bits per heavy atom. The van der Waals surface area contributed by atoms with Crippen LogP contribution in [0.5, 0.6) is 0 Å². The zero-order chi connectivity index (χ0) is 14.9. The summed E-state index contributed by atoms with van der Waals surface area (Å²) in [6, 6.07) is 9.88. The number of rotatable bonds is 4. The highest BCUT2D eigenvalue weighted by Crippen LogP contribution is 2.14. The molecule has 0 saturated heterocycles. The molecule has 0 aliphatic rings. The Morgan fingerprint density at radius 2 is 1.74 bits per heavy atom. The van der Waals surface area contributed by atoms with Crippen molar-refractivity contribution in [2.75, 3.05) is 6.61 Å². The highest BCUT2D eigenvalue weighted by atomic mass is 32.3. The smallest absolute Gasteiger partial charge is 0.394 e. The van der Waals surface area contributed by atoms with Gasteiger partial charge in [0.05, 0.1) is 6.61 Å². The first-order valence-electron chi connectivity index (χ1n) is 5.26. The van der Waals surface area contributed by atoms with E-state index in [0.717, 1.165) is 11.1 Å². The molecule has 106 valence electrons. The summed E-state index contributed by atoms with van der Waals surface area (Å²) < 4.78 is 36.4. The number of hydrogen-bond acceptors (Lipinski definition) is 4. The topological polar surface area (TPSA) is 101 Å². The Labute approximate surface area is 112 Å². The van der Waals surface area contributed by atoms with E-state index in [1.54, 1.807) is 0 Å². The number of esters is 1. The molecule has 0 atom stereocenters. The maximum absolute atomic E-state index is 10.5. The van der Waals surface area contributed by atoms with Gasteiger partial charge in [0, 0.05) is 13.3 Å². The molecule has 1 rings (SSSR count). The molecule has 0 heterocycles. The molecule has 2 N–H and O–H groups in total. The average Bonchev–Trinajstić information content (AvgIpc) is 2.27. The Balaban J connectivity index is 0.000000555. The van der Waals surface area contributed by atoms with Crippen LogP contribution in [0, 0.1) is 0 Å². The fourth-order valence-corrected chi connectivity index (χ4v) is 1.14. The minimum Gasteiger partial charge on any atom is -0.466 e. The Bertz CT molecular complexity index is 498. The van der Waals surface area contributed by atoms with Crippen molar-refractivity contribution in [3.63, 3.8) is 0 Å². The second-order valence-electron chi connectivity index (χ2n) is 3.51. The van der Waals surface area contributed by atoms with Gasteiger partial charge < -0.3 is 4.74 Å². The lowest BCUT2D eigenvalue weighted by Crippen LogP contribution is -2.00. The normalized spacial score (nSPS) is 10.1. The van der Waals surface area contributed by atoms with E-state index in [1.165, 1.54) is 6.92 Å². The first-order valence-corrected chi connectivity index (χ1v) is 6.66. The van der Waals surface area contributed by atoms with Crippen LogP contribution in [0.1, 0.15) is 18.9 Å². The number of benzene rings is 1. The predicted molar refractivity (Wildman–Crippen MR) is 70.9 cm³/mol. The molecule has 0 aliphatic heterocycles. The molecular formula is C12H16O6S. The van der Waals surface area contributed by atoms with E-state index in [2.05, 4.69) is 6.58 Å². The zero-order valence-corrected chi connectivity index (χ0v) is 11.3. The molecule has 0 fully saturated rings. The van der Waals surface area contributed by atoms with E-state index in [4.69, 9.17) is 22.3 Å². The van der Waals surface area contributed by atoms with E-state index < -0.39 is 10.4 Å². The SMILES string of the molecule is C=C(CCOC(C)=O)c1ccccc1.O=S(=O)(O)O. The molecular weight excluding hydrogens is 272 g/mol. The first-order chi connectivity index (χ1) is 8.70. The molecule has 0 spiro atoms. The highest BCUT2D eigenvalue weighted by Gasteiger charge is 1.99. The van der Waals surface area contributed by atoms with Gasteiger partial charge in [-0.1, -0.05) is 36.9 Å². The average molecular weight is 288 g/mol. The van der Waals surface area contributed by atoms with Crippen molar-refractivity contribution < 1.29 is 27.1 Å². The van der Waals surface area contributed by atoms with Crippen molar-refractivity contribution >= 4 is 21.9 Å². The Morgan fingerprint density at radius 1 is 1.26 bits per heavy atom. The maximum atomic E-state index is 10.5. The van der Waals surface area contributed by atoms with Crippen LogP contribution in [-0.2, 0) is 19.9 Å². The molecule has 1 aromatic carbocycles. The second-order valence-corrected chi connectivity index (χ2v) is 4.40.